The maximum atomic E-state index is 13.5. The van der Waals surface area contributed by atoms with Gasteiger partial charge in [-0.3, -0.25) is 0 Å². The first kappa shape index (κ1) is 20.1. The average molecular weight is 479 g/mol. The lowest BCUT2D eigenvalue weighted by molar-refractivity contribution is -0.136. The highest BCUT2D eigenvalue weighted by molar-refractivity contribution is 9.10. The predicted octanol–water partition coefficient (Wildman–Crippen LogP) is 3.98. The molecule has 0 N–H and O–H groups in total. The third kappa shape index (κ3) is 3.58. The molecular weight excluding hydrogens is 465 g/mol. The van der Waals surface area contributed by atoms with Crippen LogP contribution in [0, 0.1) is 0 Å². The second-order valence-electron chi connectivity index (χ2n) is 6.41. The quantitative estimate of drug-likeness (QED) is 0.438. The monoisotopic (exact) mass is 478 g/mol. The SMILES string of the molecule is CC(c1ncnn1-c1ncccn1)N(C)c1ncnc2c(C(F)(F)F)cc(Br)cc12. The number of rotatable bonds is 4. The van der Waals surface area contributed by atoms with Gasteiger partial charge in [0.2, 0.25) is 0 Å². The van der Waals surface area contributed by atoms with Crippen LogP contribution in [0.1, 0.15) is 24.4 Å². The van der Waals surface area contributed by atoms with Crippen LogP contribution in [0.5, 0.6) is 0 Å². The van der Waals surface area contributed by atoms with Gasteiger partial charge < -0.3 is 4.90 Å². The van der Waals surface area contributed by atoms with Crippen LogP contribution in [0.3, 0.4) is 0 Å². The van der Waals surface area contributed by atoms with Gasteiger partial charge >= 0.3 is 6.18 Å². The number of halogens is 4. The first-order valence-corrected chi connectivity index (χ1v) is 9.48. The van der Waals surface area contributed by atoms with E-state index < -0.39 is 17.8 Å². The van der Waals surface area contributed by atoms with E-state index in [0.29, 0.717) is 17.6 Å². The Morgan fingerprint density at radius 3 is 2.47 bits per heavy atom. The highest BCUT2D eigenvalue weighted by Gasteiger charge is 2.34. The van der Waals surface area contributed by atoms with E-state index in [-0.39, 0.29) is 15.4 Å². The van der Waals surface area contributed by atoms with Gasteiger partial charge in [-0.15, -0.1) is 0 Å². The van der Waals surface area contributed by atoms with E-state index in [1.165, 1.54) is 11.0 Å². The maximum absolute atomic E-state index is 13.5. The van der Waals surface area contributed by atoms with Gasteiger partial charge in [-0.1, -0.05) is 15.9 Å². The predicted molar refractivity (Wildman–Crippen MR) is 106 cm³/mol. The summed E-state index contributed by atoms with van der Waals surface area (Å²) in [4.78, 5) is 22.5. The van der Waals surface area contributed by atoms with Crippen LogP contribution < -0.4 is 4.90 Å². The lowest BCUT2D eigenvalue weighted by Gasteiger charge is -2.26. The lowest BCUT2D eigenvalue weighted by atomic mass is 10.1. The molecule has 1 aromatic carbocycles. The molecule has 3 aromatic heterocycles. The Morgan fingerprint density at radius 2 is 1.77 bits per heavy atom. The van der Waals surface area contributed by atoms with Crippen molar-refractivity contribution in [2.45, 2.75) is 19.1 Å². The molecule has 0 saturated carbocycles. The summed E-state index contributed by atoms with van der Waals surface area (Å²) < 4.78 is 42.3. The summed E-state index contributed by atoms with van der Waals surface area (Å²) in [5, 5.41) is 4.43. The molecule has 1 unspecified atom stereocenters. The fourth-order valence-electron chi connectivity index (χ4n) is 3.06. The van der Waals surface area contributed by atoms with Gasteiger partial charge in [-0.25, -0.2) is 24.9 Å². The van der Waals surface area contributed by atoms with E-state index in [1.807, 2.05) is 6.92 Å². The van der Waals surface area contributed by atoms with Crippen molar-refractivity contribution >= 4 is 32.7 Å². The summed E-state index contributed by atoms with van der Waals surface area (Å²) >= 11 is 3.16. The number of alkyl halides is 3. The van der Waals surface area contributed by atoms with Crippen molar-refractivity contribution in [3.63, 3.8) is 0 Å². The Balaban J connectivity index is 1.81. The molecule has 0 aliphatic heterocycles. The van der Waals surface area contributed by atoms with E-state index in [0.717, 1.165) is 12.4 Å². The fourth-order valence-corrected chi connectivity index (χ4v) is 3.52. The summed E-state index contributed by atoms with van der Waals surface area (Å²) in [6.45, 7) is 1.83. The molecule has 30 heavy (non-hydrogen) atoms. The summed E-state index contributed by atoms with van der Waals surface area (Å²) in [5.41, 5.74) is -1.01. The number of benzene rings is 1. The first-order valence-electron chi connectivity index (χ1n) is 8.69. The molecule has 12 heteroatoms. The van der Waals surface area contributed by atoms with Crippen LogP contribution in [-0.4, -0.2) is 41.7 Å². The van der Waals surface area contributed by atoms with E-state index in [1.54, 1.807) is 36.5 Å². The van der Waals surface area contributed by atoms with Crippen molar-refractivity contribution in [2.75, 3.05) is 11.9 Å². The van der Waals surface area contributed by atoms with Gasteiger partial charge in [0.25, 0.3) is 5.95 Å². The van der Waals surface area contributed by atoms with Gasteiger partial charge in [0, 0.05) is 29.3 Å². The Kier molecular flexibility index (Phi) is 5.10. The number of aromatic nitrogens is 7. The third-order valence-electron chi connectivity index (χ3n) is 4.59. The molecule has 8 nitrogen and oxygen atoms in total. The summed E-state index contributed by atoms with van der Waals surface area (Å²) in [6.07, 6.45) is 1.09. The van der Waals surface area contributed by atoms with Crippen molar-refractivity contribution in [1.82, 2.24) is 34.7 Å². The lowest BCUT2D eigenvalue weighted by Crippen LogP contribution is -2.26. The number of nitrogens with zero attached hydrogens (tertiary/aromatic N) is 8. The van der Waals surface area contributed by atoms with E-state index >= 15 is 0 Å². The van der Waals surface area contributed by atoms with Gasteiger partial charge in [0.05, 0.1) is 17.1 Å². The molecule has 0 bridgehead atoms. The number of fused-ring (bicyclic) bond motifs is 1. The standard InChI is InChI=1S/C18H14BrF3N8/c1-10(15-27-9-28-30(15)17-23-4-3-5-24-17)29(2)16-12-6-11(19)7-13(18(20,21)22)14(12)25-8-26-16/h3-10H,1-2H3. The third-order valence-corrected chi connectivity index (χ3v) is 5.05. The highest BCUT2D eigenvalue weighted by atomic mass is 79.9. The topological polar surface area (TPSA) is 85.5 Å². The van der Waals surface area contributed by atoms with Crippen molar-refractivity contribution < 1.29 is 13.2 Å². The molecule has 4 rings (SSSR count). The molecule has 0 aliphatic rings. The molecule has 0 saturated heterocycles. The maximum Gasteiger partial charge on any atom is 0.418 e. The normalized spacial score (nSPS) is 12.9. The largest absolute Gasteiger partial charge is 0.418 e. The second-order valence-corrected chi connectivity index (χ2v) is 7.33. The van der Waals surface area contributed by atoms with Crippen molar-refractivity contribution in [2.24, 2.45) is 0 Å². The highest BCUT2D eigenvalue weighted by Crippen LogP contribution is 2.39. The minimum absolute atomic E-state index is 0.178. The molecule has 4 aromatic rings. The Labute approximate surface area is 177 Å². The molecule has 0 radical (unpaired) electrons. The summed E-state index contributed by atoms with van der Waals surface area (Å²) in [5.74, 6) is 1.16. The van der Waals surface area contributed by atoms with Crippen LogP contribution in [0.4, 0.5) is 19.0 Å². The van der Waals surface area contributed by atoms with Crippen LogP contribution in [0.15, 0.2) is 47.7 Å². The zero-order valence-electron chi connectivity index (χ0n) is 15.7. The van der Waals surface area contributed by atoms with Gasteiger partial charge in [-0.05, 0) is 25.1 Å². The van der Waals surface area contributed by atoms with E-state index in [9.17, 15) is 13.2 Å². The average Bonchev–Trinajstić information content (AvgIpc) is 3.21. The van der Waals surface area contributed by atoms with E-state index in [4.69, 9.17) is 0 Å². The van der Waals surface area contributed by atoms with Crippen molar-refractivity contribution in [3.05, 3.63) is 59.1 Å². The van der Waals surface area contributed by atoms with Crippen molar-refractivity contribution in [1.29, 1.82) is 0 Å². The molecular formula is C18H14BrF3N8. The minimum Gasteiger partial charge on any atom is -0.349 e. The van der Waals surface area contributed by atoms with Crippen LogP contribution in [0.2, 0.25) is 0 Å². The first-order chi connectivity index (χ1) is 14.3. The summed E-state index contributed by atoms with van der Waals surface area (Å²) in [6, 6.07) is 3.83. The molecule has 0 aliphatic carbocycles. The van der Waals surface area contributed by atoms with Crippen LogP contribution >= 0.6 is 15.9 Å². The van der Waals surface area contributed by atoms with Crippen LogP contribution in [0.25, 0.3) is 16.9 Å². The Bertz CT molecular complexity index is 1200. The Hall–Kier alpha value is -3.15. The number of hydrogen-bond donors (Lipinski definition) is 0. The zero-order chi connectivity index (χ0) is 21.5. The zero-order valence-corrected chi connectivity index (χ0v) is 17.3. The second kappa shape index (κ2) is 7.59. The Morgan fingerprint density at radius 1 is 1.03 bits per heavy atom. The molecule has 0 fully saturated rings. The molecule has 1 atom stereocenters. The number of anilines is 1. The number of hydrogen-bond acceptors (Lipinski definition) is 7. The van der Waals surface area contributed by atoms with Crippen LogP contribution in [-0.2, 0) is 6.18 Å². The van der Waals surface area contributed by atoms with Crippen molar-refractivity contribution in [3.8, 4) is 5.95 Å². The fraction of sp³-hybridized carbons (Fsp3) is 0.222. The molecule has 3 heterocycles. The summed E-state index contributed by atoms with van der Waals surface area (Å²) in [7, 11) is 1.71. The molecule has 0 spiro atoms. The molecule has 0 amide bonds. The van der Waals surface area contributed by atoms with Gasteiger partial charge in [-0.2, -0.15) is 23.0 Å². The van der Waals surface area contributed by atoms with Gasteiger partial charge in [0.15, 0.2) is 5.82 Å². The van der Waals surface area contributed by atoms with E-state index in [2.05, 4.69) is 45.9 Å². The minimum atomic E-state index is -4.55. The smallest absolute Gasteiger partial charge is 0.349 e. The van der Waals surface area contributed by atoms with Gasteiger partial charge in [0.1, 0.15) is 18.5 Å². The molecule has 154 valence electrons.